The minimum Gasteiger partial charge on any atom is -0.350 e. The Morgan fingerprint density at radius 2 is 1.87 bits per heavy atom. The van der Waals surface area contributed by atoms with Crippen LogP contribution in [0.1, 0.15) is 6.42 Å². The summed E-state index contributed by atoms with van der Waals surface area (Å²) in [7, 11) is 0. The number of hydrogen-bond donors (Lipinski definition) is 1. The maximum atomic E-state index is 12.3. The van der Waals surface area contributed by atoms with Crippen molar-refractivity contribution in [1.29, 1.82) is 0 Å². The zero-order valence-corrected chi connectivity index (χ0v) is 8.99. The Morgan fingerprint density at radius 1 is 1.33 bits per heavy atom. The van der Waals surface area contributed by atoms with Crippen LogP contribution in [0.5, 0.6) is 0 Å². The summed E-state index contributed by atoms with van der Waals surface area (Å²) >= 11 is 2.81. The van der Waals surface area contributed by atoms with Gasteiger partial charge in [0.1, 0.15) is 5.78 Å². The molecule has 0 radical (unpaired) electrons. The molecule has 0 rings (SSSR count). The summed E-state index contributed by atoms with van der Waals surface area (Å²) in [5, 5.41) is 1.58. The van der Waals surface area contributed by atoms with Crippen molar-refractivity contribution in [2.75, 3.05) is 11.9 Å². The molecule has 1 N–H and O–H groups in total. The molecule has 0 spiro atoms. The highest BCUT2D eigenvalue weighted by atomic mass is 79.9. The zero-order chi connectivity index (χ0) is 12.1. The Hall–Kier alpha value is -0.660. The van der Waals surface area contributed by atoms with Crippen molar-refractivity contribution in [3.63, 3.8) is 0 Å². The Morgan fingerprint density at radius 3 is 2.27 bits per heavy atom. The summed E-state index contributed by atoms with van der Waals surface area (Å²) in [6, 6.07) is 0. The lowest BCUT2D eigenvalue weighted by Crippen LogP contribution is -2.45. The second-order valence-electron chi connectivity index (χ2n) is 2.60. The highest BCUT2D eigenvalue weighted by molar-refractivity contribution is 9.09. The third-order valence-electron chi connectivity index (χ3n) is 1.42. The number of rotatable bonds is 6. The minimum absolute atomic E-state index is 0.0219. The monoisotopic (exact) mass is 293 g/mol. The molecule has 0 aromatic rings. The van der Waals surface area contributed by atoms with E-state index in [1.807, 2.05) is 0 Å². The van der Waals surface area contributed by atoms with Crippen molar-refractivity contribution < 1.29 is 27.2 Å². The van der Waals surface area contributed by atoms with Gasteiger partial charge >= 0.3 is 12.3 Å². The first-order valence-corrected chi connectivity index (χ1v) is 4.96. The van der Waals surface area contributed by atoms with Crippen LogP contribution < -0.4 is 5.32 Å². The van der Waals surface area contributed by atoms with Crippen molar-refractivity contribution in [3.05, 3.63) is 0 Å². The van der Waals surface area contributed by atoms with E-state index < -0.39 is 18.3 Å². The molecule has 0 aromatic carbocycles. The van der Waals surface area contributed by atoms with Gasteiger partial charge in [0.2, 0.25) is 0 Å². The lowest BCUT2D eigenvalue weighted by Gasteiger charge is -2.14. The van der Waals surface area contributed by atoms with Crippen molar-refractivity contribution in [3.8, 4) is 0 Å². The highest BCUT2D eigenvalue weighted by Gasteiger charge is 2.48. The van der Waals surface area contributed by atoms with Gasteiger partial charge in [0.15, 0.2) is 0 Å². The van der Waals surface area contributed by atoms with E-state index in [-0.39, 0.29) is 24.1 Å². The number of carbonyl (C=O) groups is 2. The Kier molecular flexibility index (Phi) is 5.77. The van der Waals surface area contributed by atoms with E-state index >= 15 is 0 Å². The second kappa shape index (κ2) is 6.04. The lowest BCUT2D eigenvalue weighted by molar-refractivity contribution is -0.169. The summed E-state index contributed by atoms with van der Waals surface area (Å²) < 4.78 is 47.8. The molecule has 15 heavy (non-hydrogen) atoms. The van der Waals surface area contributed by atoms with Crippen LogP contribution in [0.4, 0.5) is 17.6 Å². The smallest absolute Gasteiger partial charge is 0.350 e. The molecule has 0 saturated heterocycles. The predicted molar refractivity (Wildman–Crippen MR) is 47.4 cm³/mol. The fourth-order valence-corrected chi connectivity index (χ4v) is 0.880. The van der Waals surface area contributed by atoms with Gasteiger partial charge in [-0.25, -0.2) is 8.78 Å². The zero-order valence-electron chi connectivity index (χ0n) is 7.40. The molecular weight excluding hydrogens is 286 g/mol. The number of carbonyl (C=O) groups excluding carboxylic acids is 2. The Balaban J connectivity index is 3.99. The lowest BCUT2D eigenvalue weighted by atomic mass is 10.3. The van der Waals surface area contributed by atoms with E-state index in [0.717, 1.165) is 0 Å². The summed E-state index contributed by atoms with van der Waals surface area (Å²) in [5.74, 6) is -7.10. The summed E-state index contributed by atoms with van der Waals surface area (Å²) in [5.41, 5.74) is 0. The minimum atomic E-state index is -4.71. The summed E-state index contributed by atoms with van der Waals surface area (Å²) in [6.07, 6.45) is -4.24. The molecule has 1 amide bonds. The van der Waals surface area contributed by atoms with Gasteiger partial charge in [-0.1, -0.05) is 15.9 Å². The standard InChI is InChI=1S/C7H8BrF4NO2/c8-3-4(14)1-2-13-6(15)7(11,12)5(9)10/h5H,1-3H2,(H,13,15). The predicted octanol–water partition coefficient (Wildman–Crippen LogP) is 1.36. The number of alkyl halides is 5. The molecule has 0 atom stereocenters. The first kappa shape index (κ1) is 14.3. The third-order valence-corrected chi connectivity index (χ3v) is 2.04. The molecule has 0 unspecified atom stereocenters. The van der Waals surface area contributed by atoms with E-state index in [0.29, 0.717) is 0 Å². The number of amides is 1. The highest BCUT2D eigenvalue weighted by Crippen LogP contribution is 2.22. The van der Waals surface area contributed by atoms with E-state index in [4.69, 9.17) is 0 Å². The average molecular weight is 294 g/mol. The van der Waals surface area contributed by atoms with Gasteiger partial charge in [0, 0.05) is 13.0 Å². The van der Waals surface area contributed by atoms with Crippen LogP contribution in [0.25, 0.3) is 0 Å². The summed E-state index contributed by atoms with van der Waals surface area (Å²) in [4.78, 5) is 21.2. The number of halogens is 5. The first-order valence-electron chi connectivity index (χ1n) is 3.84. The number of ketones is 1. The molecule has 0 fully saturated rings. The number of hydrogen-bond acceptors (Lipinski definition) is 2. The second-order valence-corrected chi connectivity index (χ2v) is 3.16. The summed E-state index contributed by atoms with van der Waals surface area (Å²) in [6.45, 7) is -0.383. The fraction of sp³-hybridized carbons (Fsp3) is 0.714. The molecule has 0 aliphatic rings. The van der Waals surface area contributed by atoms with Gasteiger partial charge in [-0.15, -0.1) is 0 Å². The largest absolute Gasteiger partial charge is 0.383 e. The average Bonchev–Trinajstić information content (AvgIpc) is 2.16. The van der Waals surface area contributed by atoms with Gasteiger partial charge in [-0.3, -0.25) is 9.59 Å². The van der Waals surface area contributed by atoms with Crippen LogP contribution in [0, 0.1) is 0 Å². The van der Waals surface area contributed by atoms with E-state index in [1.54, 1.807) is 5.32 Å². The van der Waals surface area contributed by atoms with Gasteiger partial charge in [0.25, 0.3) is 5.91 Å². The van der Waals surface area contributed by atoms with E-state index in [1.165, 1.54) is 0 Å². The topological polar surface area (TPSA) is 46.2 Å². The number of Topliss-reactive ketones (excluding diaryl/α,β-unsaturated/α-hetero) is 1. The SMILES string of the molecule is O=C(CBr)CCNC(=O)C(F)(F)C(F)F. The molecule has 0 bridgehead atoms. The normalized spacial score (nSPS) is 11.6. The van der Waals surface area contributed by atoms with Crippen molar-refractivity contribution in [1.82, 2.24) is 5.32 Å². The Labute approximate surface area is 91.3 Å². The van der Waals surface area contributed by atoms with Gasteiger partial charge < -0.3 is 5.32 Å². The van der Waals surface area contributed by atoms with E-state index in [9.17, 15) is 27.2 Å². The first-order chi connectivity index (χ1) is 6.82. The molecule has 0 aliphatic carbocycles. The molecule has 88 valence electrons. The maximum Gasteiger partial charge on any atom is 0.383 e. The van der Waals surface area contributed by atoms with Crippen LogP contribution in [0.15, 0.2) is 0 Å². The van der Waals surface area contributed by atoms with Gasteiger partial charge in [0.05, 0.1) is 5.33 Å². The van der Waals surface area contributed by atoms with Crippen LogP contribution in [-0.4, -0.2) is 35.9 Å². The van der Waals surface area contributed by atoms with Crippen molar-refractivity contribution in [2.45, 2.75) is 18.8 Å². The maximum absolute atomic E-state index is 12.3. The van der Waals surface area contributed by atoms with Crippen molar-refractivity contribution >= 4 is 27.6 Å². The number of nitrogens with one attached hydrogen (secondary N) is 1. The molecule has 0 aromatic heterocycles. The van der Waals surface area contributed by atoms with Crippen molar-refractivity contribution in [2.24, 2.45) is 0 Å². The third kappa shape index (κ3) is 4.59. The van der Waals surface area contributed by atoms with Crippen LogP contribution >= 0.6 is 15.9 Å². The molecule has 0 aliphatic heterocycles. The van der Waals surface area contributed by atoms with Gasteiger partial charge in [-0.05, 0) is 0 Å². The molecule has 8 heteroatoms. The van der Waals surface area contributed by atoms with E-state index in [2.05, 4.69) is 15.9 Å². The molecule has 0 saturated carbocycles. The quantitative estimate of drug-likeness (QED) is 0.594. The fourth-order valence-electron chi connectivity index (χ4n) is 0.599. The molecule has 3 nitrogen and oxygen atoms in total. The van der Waals surface area contributed by atoms with Gasteiger partial charge in [-0.2, -0.15) is 8.78 Å². The Bertz CT molecular complexity index is 247. The van der Waals surface area contributed by atoms with Crippen LogP contribution in [0.2, 0.25) is 0 Å². The van der Waals surface area contributed by atoms with Crippen LogP contribution in [0.3, 0.4) is 0 Å². The molecule has 0 heterocycles. The van der Waals surface area contributed by atoms with Crippen LogP contribution in [-0.2, 0) is 9.59 Å². The molecular formula is C7H8BrF4NO2.